The summed E-state index contributed by atoms with van der Waals surface area (Å²) in [5.74, 6) is 0.600. The molecule has 3 aromatic rings. The molecule has 3 rings (SSSR count). The summed E-state index contributed by atoms with van der Waals surface area (Å²) in [5, 5.41) is 18.3. The molecule has 0 heterocycles. The first-order valence-electron chi connectivity index (χ1n) is 9.90. The summed E-state index contributed by atoms with van der Waals surface area (Å²) in [6.45, 7) is 0.235. The number of nitro benzene ring substituents is 1. The number of benzene rings is 3. The molecule has 0 aliphatic heterocycles. The molecule has 0 bridgehead atoms. The molecule has 2 N–H and O–H groups in total. The highest BCUT2D eigenvalue weighted by molar-refractivity contribution is 9.10. The number of rotatable bonds is 10. The second-order valence-electron chi connectivity index (χ2n) is 6.90. The molecule has 34 heavy (non-hydrogen) atoms. The van der Waals surface area contributed by atoms with E-state index in [-0.39, 0.29) is 24.7 Å². The maximum absolute atomic E-state index is 12.0. The zero-order chi connectivity index (χ0) is 24.5. The minimum atomic E-state index is -0.455. The van der Waals surface area contributed by atoms with E-state index >= 15 is 0 Å². The van der Waals surface area contributed by atoms with Crippen LogP contribution in [-0.4, -0.2) is 30.7 Å². The molecule has 0 unspecified atom stereocenters. The molecule has 0 atom stereocenters. The lowest BCUT2D eigenvalue weighted by Gasteiger charge is -2.13. The Balaban J connectivity index is 1.57. The van der Waals surface area contributed by atoms with Crippen molar-refractivity contribution in [2.45, 2.75) is 6.61 Å². The van der Waals surface area contributed by atoms with Gasteiger partial charge in [-0.05, 0) is 75.6 Å². The van der Waals surface area contributed by atoms with Crippen LogP contribution in [0.25, 0.3) is 0 Å². The van der Waals surface area contributed by atoms with Crippen LogP contribution in [0.15, 0.2) is 70.2 Å². The number of nitrogens with one attached hydrogen (secondary N) is 2. The lowest BCUT2D eigenvalue weighted by atomic mass is 10.2. The van der Waals surface area contributed by atoms with Crippen LogP contribution in [0.4, 0.5) is 11.4 Å². The summed E-state index contributed by atoms with van der Waals surface area (Å²) in [6.07, 6.45) is 1.48. The van der Waals surface area contributed by atoms with Gasteiger partial charge in [-0.25, -0.2) is 5.43 Å². The van der Waals surface area contributed by atoms with Crippen molar-refractivity contribution in [2.75, 3.05) is 19.0 Å². The van der Waals surface area contributed by atoms with Gasteiger partial charge in [0, 0.05) is 22.8 Å². The largest absolute Gasteiger partial charge is 0.493 e. The fourth-order valence-corrected chi connectivity index (χ4v) is 3.49. The monoisotopic (exact) mass is 546 g/mol. The number of non-ortho nitro benzene ring substituents is 1. The molecule has 0 radical (unpaired) electrons. The van der Waals surface area contributed by atoms with Crippen LogP contribution in [0, 0.1) is 10.1 Å². The highest BCUT2D eigenvalue weighted by atomic mass is 79.9. The van der Waals surface area contributed by atoms with Crippen molar-refractivity contribution in [3.8, 4) is 11.5 Å². The topological polar surface area (TPSA) is 115 Å². The van der Waals surface area contributed by atoms with E-state index < -0.39 is 4.92 Å². The first-order chi connectivity index (χ1) is 16.4. The fourth-order valence-electron chi connectivity index (χ4n) is 2.79. The minimum Gasteiger partial charge on any atom is -0.493 e. The Morgan fingerprint density at radius 2 is 1.88 bits per heavy atom. The smallest absolute Gasteiger partial charge is 0.269 e. The van der Waals surface area contributed by atoms with Crippen molar-refractivity contribution >= 4 is 51.0 Å². The SMILES string of the molecule is COc1cc(/C=N\NC(=O)CNc2ccc(Cl)cc2)cc(Br)c1OCc1ccc([N+](=O)[O-])cc1. The van der Waals surface area contributed by atoms with Gasteiger partial charge in [-0.15, -0.1) is 0 Å². The van der Waals surface area contributed by atoms with Crippen LogP contribution in [0.1, 0.15) is 11.1 Å². The standard InChI is InChI=1S/C23H20BrClN4O5/c1-33-21-11-16(12-27-28-22(30)13-26-18-6-4-17(25)5-7-18)10-20(24)23(21)34-14-15-2-8-19(9-3-15)29(31)32/h2-12,26H,13-14H2,1H3,(H,28,30)/b27-12-. The quantitative estimate of drug-likeness (QED) is 0.206. The lowest BCUT2D eigenvalue weighted by molar-refractivity contribution is -0.384. The maximum Gasteiger partial charge on any atom is 0.269 e. The molecular weight excluding hydrogens is 528 g/mol. The van der Waals surface area contributed by atoms with Crippen LogP contribution in [0.3, 0.4) is 0 Å². The minimum absolute atomic E-state index is 0.0130. The van der Waals surface area contributed by atoms with Gasteiger partial charge in [0.15, 0.2) is 11.5 Å². The number of ether oxygens (including phenoxy) is 2. The number of carbonyl (C=O) groups is 1. The number of halogens is 2. The van der Waals surface area contributed by atoms with Crippen molar-refractivity contribution in [1.82, 2.24) is 5.43 Å². The fraction of sp³-hybridized carbons (Fsp3) is 0.130. The summed E-state index contributed by atoms with van der Waals surface area (Å²) < 4.78 is 11.9. The molecule has 1 amide bonds. The van der Waals surface area contributed by atoms with Gasteiger partial charge in [-0.3, -0.25) is 14.9 Å². The third-order valence-corrected chi connectivity index (χ3v) is 5.32. The number of hydrogen-bond donors (Lipinski definition) is 2. The number of nitro groups is 1. The zero-order valence-electron chi connectivity index (χ0n) is 18.0. The van der Waals surface area contributed by atoms with Gasteiger partial charge in [0.1, 0.15) is 6.61 Å². The van der Waals surface area contributed by atoms with E-state index in [0.717, 1.165) is 11.3 Å². The molecule has 0 aromatic heterocycles. The summed E-state index contributed by atoms with van der Waals surface area (Å²) in [7, 11) is 1.51. The average Bonchev–Trinajstić information content (AvgIpc) is 2.83. The number of hydrogen-bond acceptors (Lipinski definition) is 7. The van der Waals surface area contributed by atoms with E-state index in [4.69, 9.17) is 21.1 Å². The number of anilines is 1. The lowest BCUT2D eigenvalue weighted by Crippen LogP contribution is -2.25. The number of hydrazone groups is 1. The third kappa shape index (κ3) is 7.19. The summed E-state index contributed by atoms with van der Waals surface area (Å²) in [6, 6.07) is 16.6. The van der Waals surface area contributed by atoms with Gasteiger partial charge >= 0.3 is 0 Å². The van der Waals surface area contributed by atoms with Crippen molar-refractivity contribution in [3.05, 3.63) is 91.4 Å². The molecule has 0 aliphatic carbocycles. The van der Waals surface area contributed by atoms with Crippen molar-refractivity contribution < 1.29 is 19.2 Å². The second-order valence-corrected chi connectivity index (χ2v) is 8.19. The van der Waals surface area contributed by atoms with Gasteiger partial charge < -0.3 is 14.8 Å². The second kappa shape index (κ2) is 12.0. The van der Waals surface area contributed by atoms with E-state index in [1.807, 2.05) is 0 Å². The van der Waals surface area contributed by atoms with Crippen LogP contribution in [0.5, 0.6) is 11.5 Å². The predicted molar refractivity (Wildman–Crippen MR) is 134 cm³/mol. The van der Waals surface area contributed by atoms with Crippen LogP contribution in [-0.2, 0) is 11.4 Å². The molecule has 0 spiro atoms. The Morgan fingerprint density at radius 3 is 2.53 bits per heavy atom. The van der Waals surface area contributed by atoms with Crippen molar-refractivity contribution in [2.24, 2.45) is 5.10 Å². The van der Waals surface area contributed by atoms with Crippen molar-refractivity contribution in [3.63, 3.8) is 0 Å². The normalized spacial score (nSPS) is 10.7. The van der Waals surface area contributed by atoms with E-state index in [1.54, 1.807) is 48.5 Å². The van der Waals surface area contributed by atoms with Gasteiger partial charge in [0.2, 0.25) is 0 Å². The van der Waals surface area contributed by atoms with E-state index in [0.29, 0.717) is 26.6 Å². The highest BCUT2D eigenvalue weighted by Gasteiger charge is 2.12. The number of nitrogens with zero attached hydrogens (tertiary/aromatic N) is 2. The Bertz CT molecular complexity index is 1190. The van der Waals surface area contributed by atoms with E-state index in [2.05, 4.69) is 31.8 Å². The molecule has 0 fully saturated rings. The first-order valence-corrected chi connectivity index (χ1v) is 11.1. The molecular formula is C23H20BrClN4O5. The van der Waals surface area contributed by atoms with Gasteiger partial charge in [-0.1, -0.05) is 11.6 Å². The molecule has 0 aliphatic rings. The Morgan fingerprint density at radius 1 is 1.18 bits per heavy atom. The van der Waals surface area contributed by atoms with E-state index in [9.17, 15) is 14.9 Å². The summed E-state index contributed by atoms with van der Waals surface area (Å²) in [4.78, 5) is 22.3. The maximum atomic E-state index is 12.0. The van der Waals surface area contributed by atoms with Crippen LogP contribution < -0.4 is 20.2 Å². The highest BCUT2D eigenvalue weighted by Crippen LogP contribution is 2.37. The number of carbonyl (C=O) groups excluding carboxylic acids is 1. The zero-order valence-corrected chi connectivity index (χ0v) is 20.3. The number of methoxy groups -OCH3 is 1. The third-order valence-electron chi connectivity index (χ3n) is 4.48. The van der Waals surface area contributed by atoms with Crippen LogP contribution >= 0.6 is 27.5 Å². The Kier molecular flexibility index (Phi) is 8.83. The molecule has 0 saturated carbocycles. The number of amides is 1. The van der Waals surface area contributed by atoms with E-state index in [1.165, 1.54) is 25.5 Å². The molecule has 176 valence electrons. The molecule has 0 saturated heterocycles. The van der Waals surface area contributed by atoms with Gasteiger partial charge in [0.05, 0.1) is 29.3 Å². The molecule has 9 nitrogen and oxygen atoms in total. The molecule has 3 aromatic carbocycles. The van der Waals surface area contributed by atoms with Crippen LogP contribution in [0.2, 0.25) is 5.02 Å². The Hall–Kier alpha value is -3.63. The summed E-state index contributed by atoms with van der Waals surface area (Å²) in [5.41, 5.74) is 4.66. The van der Waals surface area contributed by atoms with Gasteiger partial charge in [0.25, 0.3) is 11.6 Å². The first kappa shape index (κ1) is 25.0. The van der Waals surface area contributed by atoms with Crippen molar-refractivity contribution in [1.29, 1.82) is 0 Å². The summed E-state index contributed by atoms with van der Waals surface area (Å²) >= 11 is 9.29. The molecule has 11 heteroatoms. The average molecular weight is 548 g/mol. The Labute approximate surface area is 209 Å². The van der Waals surface area contributed by atoms with Gasteiger partial charge in [-0.2, -0.15) is 5.10 Å². The predicted octanol–water partition coefficient (Wildman–Crippen LogP) is 5.16.